The molecule has 4 N–H and O–H groups in total. The summed E-state index contributed by atoms with van der Waals surface area (Å²) in [7, 11) is 0. The summed E-state index contributed by atoms with van der Waals surface area (Å²) < 4.78 is 13.4. The van der Waals surface area contributed by atoms with E-state index in [0.29, 0.717) is 0 Å². The highest BCUT2D eigenvalue weighted by atomic mass is 79.9. The van der Waals surface area contributed by atoms with Crippen molar-refractivity contribution in [1.82, 2.24) is 0 Å². The van der Waals surface area contributed by atoms with Crippen LogP contribution in [0.5, 0.6) is 0 Å². The molecule has 1 aromatic carbocycles. The minimum Gasteiger partial charge on any atom is -0.382 e. The molecule has 0 amide bonds. The number of nitrogens with one attached hydrogen (secondary N) is 2. The van der Waals surface area contributed by atoms with Crippen molar-refractivity contribution >= 4 is 33.2 Å². The molecule has 0 saturated carbocycles. The SMILES string of the molecule is N#C/C(=N\Nc1cc(F)c(Br)cc1C#N)C(=N)N. The molecule has 0 fully saturated rings. The first-order chi connectivity index (χ1) is 8.49. The van der Waals surface area contributed by atoms with E-state index in [1.165, 1.54) is 6.07 Å². The summed E-state index contributed by atoms with van der Waals surface area (Å²) in [5.41, 5.74) is 7.25. The molecule has 0 aliphatic rings. The fourth-order valence-corrected chi connectivity index (χ4v) is 1.34. The van der Waals surface area contributed by atoms with Gasteiger partial charge in [-0.3, -0.25) is 10.8 Å². The van der Waals surface area contributed by atoms with Gasteiger partial charge in [-0.05, 0) is 22.0 Å². The molecule has 6 nitrogen and oxygen atoms in total. The summed E-state index contributed by atoms with van der Waals surface area (Å²) in [5.74, 6) is -1.12. The van der Waals surface area contributed by atoms with Gasteiger partial charge in [0.05, 0.1) is 15.7 Å². The van der Waals surface area contributed by atoms with Crippen LogP contribution in [0.4, 0.5) is 10.1 Å². The number of hydrogen-bond acceptors (Lipinski definition) is 5. The van der Waals surface area contributed by atoms with Gasteiger partial charge < -0.3 is 5.73 Å². The van der Waals surface area contributed by atoms with Crippen molar-refractivity contribution < 1.29 is 4.39 Å². The fraction of sp³-hybridized carbons (Fsp3) is 0. The number of amidine groups is 1. The molecule has 0 aliphatic carbocycles. The monoisotopic (exact) mass is 308 g/mol. The Bertz CT molecular complexity index is 610. The lowest BCUT2D eigenvalue weighted by Crippen LogP contribution is -2.22. The third kappa shape index (κ3) is 3.03. The molecule has 0 bridgehead atoms. The number of hydrazone groups is 1. The number of rotatable bonds is 3. The van der Waals surface area contributed by atoms with Crippen LogP contribution in [-0.4, -0.2) is 11.5 Å². The van der Waals surface area contributed by atoms with Crippen LogP contribution in [0.1, 0.15) is 5.56 Å². The van der Waals surface area contributed by atoms with Gasteiger partial charge in [0.15, 0.2) is 5.84 Å². The Hall–Kier alpha value is -2.45. The molecule has 0 aromatic heterocycles. The second-order valence-electron chi connectivity index (χ2n) is 3.02. The van der Waals surface area contributed by atoms with Crippen LogP contribution in [0, 0.1) is 33.9 Å². The average Bonchev–Trinajstić information content (AvgIpc) is 2.33. The molecule has 1 rings (SSSR count). The van der Waals surface area contributed by atoms with Gasteiger partial charge in [0.25, 0.3) is 0 Å². The van der Waals surface area contributed by atoms with Gasteiger partial charge in [-0.2, -0.15) is 15.6 Å². The molecule has 90 valence electrons. The first-order valence-electron chi connectivity index (χ1n) is 4.47. The molecule has 0 spiro atoms. The van der Waals surface area contributed by atoms with Gasteiger partial charge in [0.2, 0.25) is 5.71 Å². The Labute approximate surface area is 110 Å². The number of benzene rings is 1. The molecule has 0 unspecified atom stereocenters. The Morgan fingerprint density at radius 2 is 2.17 bits per heavy atom. The molecule has 8 heteroatoms. The lowest BCUT2D eigenvalue weighted by atomic mass is 10.2. The van der Waals surface area contributed by atoms with E-state index < -0.39 is 11.7 Å². The summed E-state index contributed by atoms with van der Waals surface area (Å²) in [5, 5.41) is 28.0. The minimum absolute atomic E-state index is 0.0761. The van der Waals surface area contributed by atoms with Gasteiger partial charge in [-0.25, -0.2) is 4.39 Å². The Morgan fingerprint density at radius 3 is 2.67 bits per heavy atom. The van der Waals surface area contributed by atoms with E-state index in [4.69, 9.17) is 21.7 Å². The molecule has 0 atom stereocenters. The van der Waals surface area contributed by atoms with Crippen LogP contribution in [0.15, 0.2) is 21.7 Å². The normalized spacial score (nSPS) is 10.3. The average molecular weight is 309 g/mol. The quantitative estimate of drug-likeness (QED) is 0.446. The third-order valence-electron chi connectivity index (χ3n) is 1.83. The first kappa shape index (κ1) is 13.6. The highest BCUT2D eigenvalue weighted by Crippen LogP contribution is 2.24. The lowest BCUT2D eigenvalue weighted by Gasteiger charge is -2.05. The van der Waals surface area contributed by atoms with Gasteiger partial charge in [0, 0.05) is 6.07 Å². The number of halogens is 2. The van der Waals surface area contributed by atoms with Crippen molar-refractivity contribution in [3.8, 4) is 12.1 Å². The predicted molar refractivity (Wildman–Crippen MR) is 67.4 cm³/mol. The number of nitrogens with zero attached hydrogens (tertiary/aromatic N) is 3. The van der Waals surface area contributed by atoms with Crippen LogP contribution in [-0.2, 0) is 0 Å². The second-order valence-corrected chi connectivity index (χ2v) is 3.88. The van der Waals surface area contributed by atoms with Crippen LogP contribution in [0.2, 0.25) is 0 Å². The number of hydrogen-bond donors (Lipinski definition) is 3. The molecular formula is C10H6BrFN6. The predicted octanol–water partition coefficient (Wildman–Crippen LogP) is 1.69. The second kappa shape index (κ2) is 5.75. The molecule has 1 aromatic rings. The van der Waals surface area contributed by atoms with Crippen molar-refractivity contribution in [3.05, 3.63) is 28.0 Å². The van der Waals surface area contributed by atoms with Gasteiger partial charge >= 0.3 is 0 Å². The van der Waals surface area contributed by atoms with E-state index in [2.05, 4.69) is 26.5 Å². The van der Waals surface area contributed by atoms with Crippen LogP contribution in [0.3, 0.4) is 0 Å². The molecule has 0 saturated heterocycles. The van der Waals surface area contributed by atoms with E-state index in [1.807, 2.05) is 6.07 Å². The lowest BCUT2D eigenvalue weighted by molar-refractivity contribution is 0.621. The van der Waals surface area contributed by atoms with Gasteiger partial charge in [-0.15, -0.1) is 0 Å². The maximum atomic E-state index is 13.3. The Morgan fingerprint density at radius 1 is 1.50 bits per heavy atom. The molecule has 0 radical (unpaired) electrons. The van der Waals surface area contributed by atoms with E-state index in [9.17, 15) is 4.39 Å². The molecule has 18 heavy (non-hydrogen) atoms. The summed E-state index contributed by atoms with van der Waals surface area (Å²) in [6.45, 7) is 0. The van der Waals surface area contributed by atoms with Crippen molar-refractivity contribution in [2.24, 2.45) is 10.8 Å². The zero-order valence-corrected chi connectivity index (χ0v) is 10.4. The van der Waals surface area contributed by atoms with Gasteiger partial charge in [0.1, 0.15) is 18.0 Å². The number of nitriles is 2. The number of anilines is 1. The van der Waals surface area contributed by atoms with Crippen molar-refractivity contribution in [2.45, 2.75) is 0 Å². The van der Waals surface area contributed by atoms with E-state index >= 15 is 0 Å². The summed E-state index contributed by atoms with van der Waals surface area (Å²) in [6.07, 6.45) is 0. The van der Waals surface area contributed by atoms with Crippen LogP contribution < -0.4 is 11.2 Å². The molecule has 0 aliphatic heterocycles. The standard InChI is InChI=1S/C10H6BrFN6/c11-6-1-5(3-13)8(2-7(6)12)17-18-9(4-14)10(15)16/h1-2,17H,(H3,15,16)/b18-9+. The fourth-order valence-electron chi connectivity index (χ4n) is 0.993. The Balaban J connectivity index is 3.14. The summed E-state index contributed by atoms with van der Waals surface area (Å²) in [6, 6.07) is 5.74. The zero-order chi connectivity index (χ0) is 13.7. The van der Waals surface area contributed by atoms with Crippen molar-refractivity contribution in [2.75, 3.05) is 5.43 Å². The molecular weight excluding hydrogens is 303 g/mol. The molecule has 0 heterocycles. The highest BCUT2D eigenvalue weighted by molar-refractivity contribution is 9.10. The number of nitrogens with two attached hydrogens (primary N) is 1. The topological polar surface area (TPSA) is 122 Å². The van der Waals surface area contributed by atoms with E-state index in [0.717, 1.165) is 6.07 Å². The van der Waals surface area contributed by atoms with Crippen molar-refractivity contribution in [1.29, 1.82) is 15.9 Å². The zero-order valence-electron chi connectivity index (χ0n) is 8.83. The van der Waals surface area contributed by atoms with Crippen LogP contribution in [0.25, 0.3) is 0 Å². The Kier molecular flexibility index (Phi) is 4.35. The minimum atomic E-state index is -0.590. The van der Waals surface area contributed by atoms with E-state index in [-0.39, 0.29) is 21.4 Å². The maximum absolute atomic E-state index is 13.3. The first-order valence-corrected chi connectivity index (χ1v) is 5.26. The summed E-state index contributed by atoms with van der Waals surface area (Å²) >= 11 is 2.94. The highest BCUT2D eigenvalue weighted by Gasteiger charge is 2.08. The van der Waals surface area contributed by atoms with E-state index in [1.54, 1.807) is 6.07 Å². The maximum Gasteiger partial charge on any atom is 0.201 e. The van der Waals surface area contributed by atoms with Gasteiger partial charge in [-0.1, -0.05) is 0 Å². The third-order valence-corrected chi connectivity index (χ3v) is 2.44. The summed E-state index contributed by atoms with van der Waals surface area (Å²) in [4.78, 5) is 0. The van der Waals surface area contributed by atoms with Crippen molar-refractivity contribution in [3.63, 3.8) is 0 Å². The largest absolute Gasteiger partial charge is 0.382 e. The van der Waals surface area contributed by atoms with Crippen LogP contribution >= 0.6 is 15.9 Å². The smallest absolute Gasteiger partial charge is 0.201 e.